The average molecular weight is 529 g/mol. The zero-order valence-corrected chi connectivity index (χ0v) is 21.8. The molecule has 0 atom stereocenters. The van der Waals surface area contributed by atoms with Crippen LogP contribution in [0.3, 0.4) is 0 Å². The first-order valence-electron chi connectivity index (χ1n) is 12.7. The fraction of sp³-hybridized carbons (Fsp3) is 0.0606. The van der Waals surface area contributed by atoms with Crippen LogP contribution in [-0.4, -0.2) is 23.5 Å². The van der Waals surface area contributed by atoms with Crippen molar-refractivity contribution in [1.29, 1.82) is 0 Å². The van der Waals surface area contributed by atoms with Gasteiger partial charge >= 0.3 is 5.97 Å². The number of anilines is 2. The van der Waals surface area contributed by atoms with Crippen molar-refractivity contribution in [2.75, 3.05) is 11.5 Å². The first kappa shape index (κ1) is 24.5. The predicted molar refractivity (Wildman–Crippen MR) is 157 cm³/mol. The number of benzene rings is 5. The van der Waals surface area contributed by atoms with E-state index >= 15 is 0 Å². The Bertz CT molecular complexity index is 1700. The van der Waals surface area contributed by atoms with E-state index in [1.165, 1.54) is 0 Å². The van der Waals surface area contributed by atoms with Crippen LogP contribution in [0.15, 0.2) is 121 Å². The van der Waals surface area contributed by atoms with Gasteiger partial charge in [0.05, 0.1) is 22.2 Å². The Labute approximate surface area is 229 Å². The summed E-state index contributed by atoms with van der Waals surface area (Å²) in [5.74, 6) is -0.624. The van der Waals surface area contributed by atoms with E-state index in [-0.39, 0.29) is 18.9 Å². The summed E-state index contributed by atoms with van der Waals surface area (Å²) in [6.45, 7) is -0.0342. The fourth-order valence-corrected chi connectivity index (χ4v) is 5.69. The molecule has 0 saturated carbocycles. The molecule has 0 aliphatic heterocycles. The molecule has 1 aromatic heterocycles. The zero-order chi connectivity index (χ0) is 26.6. The maximum atomic E-state index is 13.3. The number of fused-ring (bicyclic) bond motifs is 2. The SMILES string of the molecule is O=C(OCCC(=O)N(c1ccccc1)c1ccccc1)c1cccc2cccc(-c3nc4ccccc4s3)c12. The summed E-state index contributed by atoms with van der Waals surface area (Å²) in [6, 6.07) is 38.4. The van der Waals surface area contributed by atoms with Crippen LogP contribution in [0.5, 0.6) is 0 Å². The standard InChI is InChI=1S/C33H24N2O3S/c36-30(35(24-13-3-1-4-14-24)25-15-5-2-6-16-25)21-22-38-33(37)27-18-10-12-23-11-9-17-26(31(23)27)32-34-28-19-7-8-20-29(28)39-32/h1-20H,21-22H2. The van der Waals surface area contributed by atoms with Crippen molar-refractivity contribution < 1.29 is 14.3 Å². The van der Waals surface area contributed by atoms with Crippen molar-refractivity contribution in [3.63, 3.8) is 0 Å². The van der Waals surface area contributed by atoms with Gasteiger partial charge in [-0.3, -0.25) is 9.69 Å². The Morgan fingerprint density at radius 3 is 2.05 bits per heavy atom. The van der Waals surface area contributed by atoms with Gasteiger partial charge in [0.1, 0.15) is 11.6 Å². The lowest BCUT2D eigenvalue weighted by atomic mass is 9.99. The average Bonchev–Trinajstić information content (AvgIpc) is 3.42. The van der Waals surface area contributed by atoms with Gasteiger partial charge in [0, 0.05) is 22.3 Å². The molecule has 0 aliphatic rings. The molecule has 1 heterocycles. The van der Waals surface area contributed by atoms with Gasteiger partial charge in [0.2, 0.25) is 5.91 Å². The maximum absolute atomic E-state index is 13.3. The van der Waals surface area contributed by atoms with Crippen molar-refractivity contribution in [3.8, 4) is 10.6 Å². The number of rotatable bonds is 7. The minimum atomic E-state index is -0.465. The Morgan fingerprint density at radius 1 is 0.718 bits per heavy atom. The molecule has 39 heavy (non-hydrogen) atoms. The van der Waals surface area contributed by atoms with E-state index in [1.54, 1.807) is 22.3 Å². The van der Waals surface area contributed by atoms with E-state index in [1.807, 2.05) is 115 Å². The van der Waals surface area contributed by atoms with Gasteiger partial charge in [0.15, 0.2) is 0 Å². The van der Waals surface area contributed by atoms with Crippen LogP contribution < -0.4 is 4.90 Å². The van der Waals surface area contributed by atoms with Crippen molar-refractivity contribution in [1.82, 2.24) is 4.98 Å². The number of carbonyl (C=O) groups is 2. The minimum absolute atomic E-state index is 0.0342. The van der Waals surface area contributed by atoms with E-state index in [0.29, 0.717) is 5.56 Å². The van der Waals surface area contributed by atoms with Crippen molar-refractivity contribution in [3.05, 3.63) is 127 Å². The number of para-hydroxylation sites is 3. The highest BCUT2D eigenvalue weighted by molar-refractivity contribution is 7.21. The van der Waals surface area contributed by atoms with Gasteiger partial charge in [-0.05, 0) is 47.9 Å². The van der Waals surface area contributed by atoms with Crippen LogP contribution in [0.2, 0.25) is 0 Å². The number of esters is 1. The second kappa shape index (κ2) is 10.9. The molecule has 0 spiro atoms. The Hall–Kier alpha value is -4.81. The van der Waals surface area contributed by atoms with E-state index < -0.39 is 5.97 Å². The molecule has 0 bridgehead atoms. The third-order valence-electron chi connectivity index (χ3n) is 6.48. The summed E-state index contributed by atoms with van der Waals surface area (Å²) < 4.78 is 6.76. The van der Waals surface area contributed by atoms with E-state index in [9.17, 15) is 9.59 Å². The number of thiazole rings is 1. The monoisotopic (exact) mass is 528 g/mol. The molecule has 0 radical (unpaired) electrons. The third-order valence-corrected chi connectivity index (χ3v) is 7.55. The first-order chi connectivity index (χ1) is 19.2. The predicted octanol–water partition coefficient (Wildman–Crippen LogP) is 8.03. The van der Waals surface area contributed by atoms with Gasteiger partial charge in [0.25, 0.3) is 0 Å². The Kier molecular flexibility index (Phi) is 6.85. The van der Waals surface area contributed by atoms with Gasteiger partial charge in [-0.1, -0.05) is 78.9 Å². The molecule has 0 fully saturated rings. The number of aromatic nitrogens is 1. The van der Waals surface area contributed by atoms with Gasteiger partial charge in [-0.15, -0.1) is 11.3 Å². The summed E-state index contributed by atoms with van der Waals surface area (Å²) in [5.41, 5.74) is 3.79. The molecular weight excluding hydrogens is 504 g/mol. The smallest absolute Gasteiger partial charge is 0.338 e. The molecule has 6 rings (SSSR count). The summed E-state index contributed by atoms with van der Waals surface area (Å²) >= 11 is 1.59. The molecular formula is C33H24N2O3S. The largest absolute Gasteiger partial charge is 0.462 e. The molecule has 0 N–H and O–H groups in total. The summed E-state index contributed by atoms with van der Waals surface area (Å²) in [7, 11) is 0. The lowest BCUT2D eigenvalue weighted by molar-refractivity contribution is -0.118. The number of hydrogen-bond acceptors (Lipinski definition) is 5. The molecule has 190 valence electrons. The normalized spacial score (nSPS) is 11.0. The van der Waals surface area contributed by atoms with E-state index in [2.05, 4.69) is 0 Å². The highest BCUT2D eigenvalue weighted by Crippen LogP contribution is 2.36. The quantitative estimate of drug-likeness (QED) is 0.197. The van der Waals surface area contributed by atoms with Crippen LogP contribution in [0.25, 0.3) is 31.6 Å². The molecule has 0 unspecified atom stereocenters. The maximum Gasteiger partial charge on any atom is 0.338 e. The van der Waals surface area contributed by atoms with Crippen LogP contribution in [0, 0.1) is 0 Å². The molecule has 6 heteroatoms. The van der Waals surface area contributed by atoms with Crippen molar-refractivity contribution >= 4 is 55.6 Å². The second-order valence-corrected chi connectivity index (χ2v) is 10.0. The molecule has 6 aromatic rings. The summed E-state index contributed by atoms with van der Waals surface area (Å²) in [4.78, 5) is 33.1. The van der Waals surface area contributed by atoms with E-state index in [4.69, 9.17) is 9.72 Å². The van der Waals surface area contributed by atoms with E-state index in [0.717, 1.165) is 42.9 Å². The number of hydrogen-bond donors (Lipinski definition) is 0. The van der Waals surface area contributed by atoms with Crippen molar-refractivity contribution in [2.24, 2.45) is 0 Å². The number of nitrogens with zero attached hydrogens (tertiary/aromatic N) is 2. The van der Waals surface area contributed by atoms with Crippen LogP contribution in [-0.2, 0) is 9.53 Å². The first-order valence-corrected chi connectivity index (χ1v) is 13.5. The van der Waals surface area contributed by atoms with Crippen LogP contribution in [0.1, 0.15) is 16.8 Å². The second-order valence-electron chi connectivity index (χ2n) is 8.98. The highest BCUT2D eigenvalue weighted by Gasteiger charge is 2.20. The third kappa shape index (κ3) is 5.02. The molecule has 0 aliphatic carbocycles. The number of amides is 1. The Balaban J connectivity index is 1.25. The summed E-state index contributed by atoms with van der Waals surface area (Å²) in [6.07, 6.45) is 0.0466. The fourth-order valence-electron chi connectivity index (χ4n) is 4.69. The van der Waals surface area contributed by atoms with Crippen LogP contribution in [0.4, 0.5) is 11.4 Å². The minimum Gasteiger partial charge on any atom is -0.462 e. The van der Waals surface area contributed by atoms with Crippen molar-refractivity contribution in [2.45, 2.75) is 6.42 Å². The van der Waals surface area contributed by atoms with Gasteiger partial charge < -0.3 is 4.74 Å². The zero-order valence-electron chi connectivity index (χ0n) is 21.0. The van der Waals surface area contributed by atoms with Gasteiger partial charge in [-0.25, -0.2) is 9.78 Å². The lowest BCUT2D eigenvalue weighted by Gasteiger charge is -2.23. The Morgan fingerprint density at radius 2 is 1.36 bits per heavy atom. The molecule has 5 aromatic carbocycles. The summed E-state index contributed by atoms with van der Waals surface area (Å²) in [5, 5.41) is 2.57. The lowest BCUT2D eigenvalue weighted by Crippen LogP contribution is -2.27. The number of carbonyl (C=O) groups excluding carboxylic acids is 2. The topological polar surface area (TPSA) is 59.5 Å². The number of ether oxygens (including phenoxy) is 1. The molecule has 5 nitrogen and oxygen atoms in total. The molecule has 1 amide bonds. The molecule has 0 saturated heterocycles. The van der Waals surface area contributed by atoms with Crippen LogP contribution >= 0.6 is 11.3 Å². The van der Waals surface area contributed by atoms with Gasteiger partial charge in [-0.2, -0.15) is 0 Å². The highest BCUT2D eigenvalue weighted by atomic mass is 32.1.